The molecule has 1 aliphatic rings. The van der Waals surface area contributed by atoms with Gasteiger partial charge >= 0.3 is 51.7 Å². The van der Waals surface area contributed by atoms with Crippen molar-refractivity contribution in [3.8, 4) is 0 Å². The zero-order valence-electron chi connectivity index (χ0n) is 24.6. The molecule has 1 fully saturated rings. The largest absolute Gasteiger partial charge is 2.00 e. The minimum Gasteiger partial charge on any atom is -1.00 e. The van der Waals surface area contributed by atoms with Crippen molar-refractivity contribution in [1.82, 2.24) is 9.62 Å². The van der Waals surface area contributed by atoms with Gasteiger partial charge in [-0.3, -0.25) is 4.52 Å². The van der Waals surface area contributed by atoms with Crippen molar-refractivity contribution in [3.05, 3.63) is 60.2 Å². The quantitative estimate of drug-likeness (QED) is 0.146. The third-order valence-corrected chi connectivity index (χ3v) is 8.35. The monoisotopic (exact) mass is 627 g/mol. The Kier molecular flexibility index (Phi) is 13.8. The Hall–Kier alpha value is -1.25. The van der Waals surface area contributed by atoms with Gasteiger partial charge in [-0.25, -0.2) is 17.8 Å². The topological polar surface area (TPSA) is 178 Å². The molecule has 1 amide bonds. The van der Waals surface area contributed by atoms with E-state index in [-0.39, 0.29) is 71.0 Å². The number of carbonyl (C=O) groups excluding carboxylic acids is 1. The van der Waals surface area contributed by atoms with Crippen molar-refractivity contribution in [2.45, 2.75) is 49.8 Å². The molecule has 2 aromatic rings. The predicted octanol–water partition coefficient (Wildman–Crippen LogP) is 2.36. The van der Waals surface area contributed by atoms with Gasteiger partial charge in [-0.15, -0.1) is 0 Å². The summed E-state index contributed by atoms with van der Waals surface area (Å²) in [6.45, 7) is 3.87. The van der Waals surface area contributed by atoms with E-state index < -0.39 is 48.7 Å². The van der Waals surface area contributed by atoms with Crippen LogP contribution in [-0.4, -0.2) is 111 Å². The minimum atomic E-state index is -5.12. The van der Waals surface area contributed by atoms with Crippen LogP contribution in [0.25, 0.3) is 0 Å². The van der Waals surface area contributed by atoms with Gasteiger partial charge in [-0.1, -0.05) is 44.2 Å². The molecule has 5 N–H and O–H groups in total. The Morgan fingerprint density at radius 1 is 1.18 bits per heavy atom. The number of phosphoric ester groups is 1. The Labute approximate surface area is 267 Å². The molecular formula is C25H38CaN3O9PS. The summed E-state index contributed by atoms with van der Waals surface area (Å²) in [6.07, 6.45) is -2.14. The van der Waals surface area contributed by atoms with Gasteiger partial charge in [0.05, 0.1) is 24.2 Å². The molecule has 1 saturated heterocycles. The number of alkyl carbamates (subject to hydrolysis) is 1. The molecule has 1 aliphatic heterocycles. The van der Waals surface area contributed by atoms with Crippen LogP contribution in [0.5, 0.6) is 0 Å². The summed E-state index contributed by atoms with van der Waals surface area (Å²) in [6, 6.07) is 13.5. The molecule has 1 heterocycles. The van der Waals surface area contributed by atoms with Gasteiger partial charge in [0, 0.05) is 25.2 Å². The van der Waals surface area contributed by atoms with Crippen molar-refractivity contribution in [3.63, 3.8) is 0 Å². The van der Waals surface area contributed by atoms with Crippen molar-refractivity contribution in [2.75, 3.05) is 32.0 Å². The Balaban J connectivity index is 0.00000560. The first-order chi connectivity index (χ1) is 18.3. The number of phosphoric acid groups is 1. The molecule has 2 aromatic carbocycles. The average Bonchev–Trinajstić information content (AvgIpc) is 3.35. The maximum atomic E-state index is 13.6. The summed E-state index contributed by atoms with van der Waals surface area (Å²) < 4.78 is 56.2. The molecule has 15 heteroatoms. The first-order valence-electron chi connectivity index (χ1n) is 12.5. The normalized spacial score (nSPS) is 17.3. The summed E-state index contributed by atoms with van der Waals surface area (Å²) in [4.78, 5) is 32.3. The molecule has 220 valence electrons. The number of rotatable bonds is 13. The van der Waals surface area contributed by atoms with Crippen LogP contribution < -0.4 is 11.1 Å². The third kappa shape index (κ3) is 11.2. The van der Waals surface area contributed by atoms with E-state index in [1.165, 1.54) is 24.3 Å². The summed E-state index contributed by atoms with van der Waals surface area (Å²) in [5.41, 5.74) is 6.82. The SMILES string of the molecule is CC(C)CN(C[C@@H](OP(=O)(O)O)[C@H](Cc1ccccc1)NC(=O)O[C@H]1CCOC1)S(=O)(=O)c1ccc(N)cc1.[Ca+2].[H-].[H-]. The molecule has 40 heavy (non-hydrogen) atoms. The maximum absolute atomic E-state index is 13.6. The average molecular weight is 628 g/mol. The smallest absolute Gasteiger partial charge is 1.00 e. The molecule has 12 nitrogen and oxygen atoms in total. The minimum absolute atomic E-state index is 0. The van der Waals surface area contributed by atoms with Crippen LogP contribution in [0, 0.1) is 5.92 Å². The molecule has 0 bridgehead atoms. The Morgan fingerprint density at radius 3 is 2.38 bits per heavy atom. The fourth-order valence-electron chi connectivity index (χ4n) is 4.16. The number of nitrogen functional groups attached to an aromatic ring is 1. The van der Waals surface area contributed by atoms with Gasteiger partial charge in [0.2, 0.25) is 10.0 Å². The number of sulfonamides is 1. The predicted molar refractivity (Wildman–Crippen MR) is 152 cm³/mol. The molecule has 0 aliphatic carbocycles. The van der Waals surface area contributed by atoms with Gasteiger partial charge < -0.3 is 33.2 Å². The Bertz CT molecular complexity index is 1240. The van der Waals surface area contributed by atoms with Crippen LogP contribution in [0.1, 0.15) is 28.7 Å². The fraction of sp³-hybridized carbons (Fsp3) is 0.480. The zero-order chi connectivity index (χ0) is 28.6. The zero-order valence-corrected chi connectivity index (χ0v) is 26.5. The first kappa shape index (κ1) is 34.9. The molecule has 0 radical (unpaired) electrons. The van der Waals surface area contributed by atoms with E-state index in [9.17, 15) is 27.6 Å². The van der Waals surface area contributed by atoms with E-state index in [0.717, 1.165) is 9.87 Å². The van der Waals surface area contributed by atoms with Crippen LogP contribution in [-0.2, 0) is 35.0 Å². The second kappa shape index (κ2) is 15.8. The van der Waals surface area contributed by atoms with Crippen molar-refractivity contribution in [1.29, 1.82) is 0 Å². The number of hydrogen-bond donors (Lipinski definition) is 4. The molecule has 0 saturated carbocycles. The van der Waals surface area contributed by atoms with Crippen molar-refractivity contribution >= 4 is 67.4 Å². The van der Waals surface area contributed by atoms with Gasteiger partial charge in [0.25, 0.3) is 0 Å². The van der Waals surface area contributed by atoms with E-state index in [0.29, 0.717) is 18.7 Å². The number of amides is 1. The number of nitrogens with zero attached hydrogens (tertiary/aromatic N) is 1. The third-order valence-electron chi connectivity index (χ3n) is 5.96. The molecule has 3 atom stereocenters. The number of benzene rings is 2. The summed E-state index contributed by atoms with van der Waals surface area (Å²) in [7, 11) is -9.26. The van der Waals surface area contributed by atoms with Gasteiger partial charge in [0.1, 0.15) is 12.2 Å². The van der Waals surface area contributed by atoms with E-state index in [4.69, 9.17) is 19.7 Å². The number of nitrogens with two attached hydrogens (primary N) is 1. The molecule has 0 unspecified atom stereocenters. The van der Waals surface area contributed by atoms with Gasteiger partial charge in [-0.2, -0.15) is 4.31 Å². The maximum Gasteiger partial charge on any atom is 2.00 e. The standard InChI is InChI=1S/C25H36N3O9PS.Ca.2H/c1-18(2)15-28(39(33,34)22-10-8-20(26)9-11-22)16-24(37-38(30,31)32)23(14-19-6-4-3-5-7-19)27-25(29)36-21-12-13-35-17-21;;;/h3-11,18,21,23-24H,12-17,26H2,1-2H3,(H,27,29)(H2,30,31,32);;;/q;+2;2*-1/t21-,23-,24+;;;/m0.../s1. The number of nitrogens with one attached hydrogen (secondary N) is 1. The van der Waals surface area contributed by atoms with Crippen LogP contribution in [0.4, 0.5) is 10.5 Å². The van der Waals surface area contributed by atoms with Crippen LogP contribution in [0.2, 0.25) is 0 Å². The number of hydrogen-bond acceptors (Lipinski definition) is 8. The molecular weight excluding hydrogens is 589 g/mol. The second-order valence-electron chi connectivity index (χ2n) is 9.75. The van der Waals surface area contributed by atoms with Crippen molar-refractivity contribution in [2.24, 2.45) is 5.92 Å². The molecule has 3 rings (SSSR count). The van der Waals surface area contributed by atoms with Crippen LogP contribution in [0.15, 0.2) is 59.5 Å². The molecule has 0 spiro atoms. The van der Waals surface area contributed by atoms with E-state index in [1.54, 1.807) is 30.3 Å². The number of anilines is 1. The first-order valence-corrected chi connectivity index (χ1v) is 15.5. The van der Waals surface area contributed by atoms with E-state index in [1.807, 2.05) is 13.8 Å². The van der Waals surface area contributed by atoms with Crippen LogP contribution >= 0.6 is 7.82 Å². The van der Waals surface area contributed by atoms with Crippen LogP contribution in [0.3, 0.4) is 0 Å². The summed E-state index contributed by atoms with van der Waals surface area (Å²) in [5.74, 6) is -0.142. The second-order valence-corrected chi connectivity index (χ2v) is 12.9. The summed E-state index contributed by atoms with van der Waals surface area (Å²) >= 11 is 0. The van der Waals surface area contributed by atoms with E-state index in [2.05, 4.69) is 5.32 Å². The fourth-order valence-corrected chi connectivity index (χ4v) is 6.35. The number of ether oxygens (including phenoxy) is 2. The summed E-state index contributed by atoms with van der Waals surface area (Å²) in [5, 5.41) is 2.65. The Morgan fingerprint density at radius 2 is 1.82 bits per heavy atom. The number of carbonyl (C=O) groups is 1. The van der Waals surface area contributed by atoms with E-state index >= 15 is 0 Å². The van der Waals surface area contributed by atoms with Crippen molar-refractivity contribution < 1.29 is 44.4 Å². The van der Waals surface area contributed by atoms with Gasteiger partial charge in [-0.05, 0) is 42.2 Å². The molecule has 0 aromatic heterocycles. The van der Waals surface area contributed by atoms with Gasteiger partial charge in [0.15, 0.2) is 0 Å².